The van der Waals surface area contributed by atoms with Gasteiger partial charge in [0.1, 0.15) is 6.33 Å². The van der Waals surface area contributed by atoms with Crippen LogP contribution < -0.4 is 5.73 Å². The quantitative estimate of drug-likeness (QED) is 0.805. The summed E-state index contributed by atoms with van der Waals surface area (Å²) in [6, 6.07) is 7.17. The maximum Gasteiger partial charge on any atom is 0.305 e. The Hall–Kier alpha value is -2.28. The zero-order chi connectivity index (χ0) is 13.2. The van der Waals surface area contributed by atoms with Gasteiger partial charge in [-0.05, 0) is 35.0 Å². The molecule has 7 heteroatoms. The number of carboxylic acid groups (broad SMARTS) is 1. The summed E-state index contributed by atoms with van der Waals surface area (Å²) in [5, 5.41) is 19.7. The normalized spacial score (nSPS) is 14.1. The lowest BCUT2D eigenvalue weighted by molar-refractivity contribution is -0.138. The summed E-state index contributed by atoms with van der Waals surface area (Å²) in [5.74, 6) is -0.937. The Bertz CT molecular complexity index is 550. The number of carbonyl (C=O) groups is 1. The maximum atomic E-state index is 10.8. The SMILES string of the molecule is CC(N)(CC(=O)O)c1cccc(-n2cnnn2)c1. The van der Waals surface area contributed by atoms with E-state index in [1.54, 1.807) is 25.1 Å². The number of benzene rings is 1. The number of rotatable bonds is 4. The van der Waals surface area contributed by atoms with Crippen LogP contribution in [0.1, 0.15) is 18.9 Å². The van der Waals surface area contributed by atoms with Crippen LogP contribution in [0.3, 0.4) is 0 Å². The van der Waals surface area contributed by atoms with Gasteiger partial charge in [0, 0.05) is 5.54 Å². The molecule has 3 N–H and O–H groups in total. The van der Waals surface area contributed by atoms with Crippen LogP contribution in [0.15, 0.2) is 30.6 Å². The molecule has 0 radical (unpaired) electrons. The van der Waals surface area contributed by atoms with E-state index in [9.17, 15) is 4.79 Å². The number of hydrogen-bond acceptors (Lipinski definition) is 5. The van der Waals surface area contributed by atoms with E-state index in [-0.39, 0.29) is 6.42 Å². The van der Waals surface area contributed by atoms with Crippen LogP contribution in [-0.2, 0) is 10.3 Å². The third kappa shape index (κ3) is 2.51. The molecule has 0 fully saturated rings. The number of hydrogen-bond donors (Lipinski definition) is 2. The molecule has 7 nitrogen and oxygen atoms in total. The summed E-state index contributed by atoms with van der Waals surface area (Å²) in [4.78, 5) is 10.8. The summed E-state index contributed by atoms with van der Waals surface area (Å²) in [6.45, 7) is 1.68. The molecule has 2 aromatic rings. The molecule has 18 heavy (non-hydrogen) atoms. The van der Waals surface area contributed by atoms with Crippen molar-refractivity contribution in [2.45, 2.75) is 18.9 Å². The third-order valence-electron chi connectivity index (χ3n) is 2.64. The zero-order valence-electron chi connectivity index (χ0n) is 9.82. The fourth-order valence-electron chi connectivity index (χ4n) is 1.70. The lowest BCUT2D eigenvalue weighted by Gasteiger charge is -2.23. The minimum Gasteiger partial charge on any atom is -0.481 e. The second-order valence-corrected chi connectivity index (χ2v) is 4.29. The molecule has 0 aliphatic carbocycles. The lowest BCUT2D eigenvalue weighted by atomic mass is 9.89. The minimum absolute atomic E-state index is 0.147. The average molecular weight is 247 g/mol. The second-order valence-electron chi connectivity index (χ2n) is 4.29. The average Bonchev–Trinajstić information content (AvgIpc) is 2.81. The highest BCUT2D eigenvalue weighted by Crippen LogP contribution is 2.23. The van der Waals surface area contributed by atoms with Gasteiger partial charge in [-0.15, -0.1) is 5.10 Å². The van der Waals surface area contributed by atoms with Gasteiger partial charge in [0.05, 0.1) is 12.1 Å². The highest BCUT2D eigenvalue weighted by molar-refractivity contribution is 5.68. The van der Waals surface area contributed by atoms with Gasteiger partial charge in [-0.2, -0.15) is 0 Å². The van der Waals surface area contributed by atoms with E-state index in [1.165, 1.54) is 11.0 Å². The predicted octanol–water partition coefficient (Wildman–Crippen LogP) is 0.311. The summed E-state index contributed by atoms with van der Waals surface area (Å²) in [7, 11) is 0. The van der Waals surface area contributed by atoms with Gasteiger partial charge in [0.25, 0.3) is 0 Å². The molecule has 1 unspecified atom stereocenters. The first-order valence-electron chi connectivity index (χ1n) is 5.33. The first-order valence-corrected chi connectivity index (χ1v) is 5.33. The van der Waals surface area contributed by atoms with E-state index in [0.717, 1.165) is 11.3 Å². The summed E-state index contributed by atoms with van der Waals surface area (Å²) >= 11 is 0. The van der Waals surface area contributed by atoms with Crippen molar-refractivity contribution < 1.29 is 9.90 Å². The number of tetrazole rings is 1. The van der Waals surface area contributed by atoms with E-state index in [4.69, 9.17) is 10.8 Å². The van der Waals surface area contributed by atoms with Crippen molar-refractivity contribution in [3.05, 3.63) is 36.2 Å². The summed E-state index contributed by atoms with van der Waals surface area (Å²) in [6.07, 6.45) is 1.32. The van der Waals surface area contributed by atoms with E-state index < -0.39 is 11.5 Å². The van der Waals surface area contributed by atoms with Crippen LogP contribution in [0, 0.1) is 0 Å². The van der Waals surface area contributed by atoms with Crippen LogP contribution in [0.25, 0.3) is 5.69 Å². The van der Waals surface area contributed by atoms with E-state index in [1.807, 2.05) is 6.07 Å². The number of aromatic nitrogens is 4. The Labute approximate surface area is 103 Å². The van der Waals surface area contributed by atoms with E-state index >= 15 is 0 Å². The van der Waals surface area contributed by atoms with Crippen LogP contribution in [-0.4, -0.2) is 31.3 Å². The predicted molar refractivity (Wildman–Crippen MR) is 62.9 cm³/mol. The molecule has 0 aliphatic heterocycles. The molecule has 2 rings (SSSR count). The molecule has 0 spiro atoms. The second kappa shape index (κ2) is 4.53. The first-order chi connectivity index (χ1) is 8.49. The van der Waals surface area contributed by atoms with Crippen molar-refractivity contribution in [1.29, 1.82) is 0 Å². The van der Waals surface area contributed by atoms with E-state index in [0.29, 0.717) is 0 Å². The van der Waals surface area contributed by atoms with Gasteiger partial charge in [-0.25, -0.2) is 4.68 Å². The molecule has 1 heterocycles. The molecule has 0 amide bonds. The van der Waals surface area contributed by atoms with E-state index in [2.05, 4.69) is 15.5 Å². The first kappa shape index (κ1) is 12.2. The molecule has 0 aliphatic rings. The largest absolute Gasteiger partial charge is 0.481 e. The Morgan fingerprint density at radius 1 is 1.56 bits per heavy atom. The standard InChI is InChI=1S/C11H13N5O2/c1-11(12,6-10(17)18)8-3-2-4-9(5-8)16-7-13-14-15-16/h2-5,7H,6,12H2,1H3,(H,17,18). The number of nitrogens with zero attached hydrogens (tertiary/aromatic N) is 4. The molecule has 1 atom stereocenters. The van der Waals surface area contributed by atoms with Crippen molar-refractivity contribution in [3.8, 4) is 5.69 Å². The van der Waals surface area contributed by atoms with Crippen LogP contribution in [0.4, 0.5) is 0 Å². The van der Waals surface area contributed by atoms with Gasteiger partial charge < -0.3 is 10.8 Å². The van der Waals surface area contributed by atoms with Crippen molar-refractivity contribution in [1.82, 2.24) is 20.2 Å². The van der Waals surface area contributed by atoms with Gasteiger partial charge in [0.2, 0.25) is 0 Å². The monoisotopic (exact) mass is 247 g/mol. The Balaban J connectivity index is 2.35. The Morgan fingerprint density at radius 3 is 2.94 bits per heavy atom. The van der Waals surface area contributed by atoms with Gasteiger partial charge in [0.15, 0.2) is 0 Å². The molecule has 0 bridgehead atoms. The van der Waals surface area contributed by atoms with Gasteiger partial charge in [-0.1, -0.05) is 12.1 Å². The lowest BCUT2D eigenvalue weighted by Crippen LogP contribution is -2.35. The van der Waals surface area contributed by atoms with Gasteiger partial charge >= 0.3 is 5.97 Å². The van der Waals surface area contributed by atoms with Crippen LogP contribution in [0.5, 0.6) is 0 Å². The highest BCUT2D eigenvalue weighted by atomic mass is 16.4. The smallest absolute Gasteiger partial charge is 0.305 e. The fourth-order valence-corrected chi connectivity index (χ4v) is 1.70. The van der Waals surface area contributed by atoms with Crippen molar-refractivity contribution in [2.75, 3.05) is 0 Å². The third-order valence-corrected chi connectivity index (χ3v) is 2.64. The molecule has 0 saturated heterocycles. The summed E-state index contributed by atoms with van der Waals surface area (Å²) < 4.78 is 1.49. The topological polar surface area (TPSA) is 107 Å². The fraction of sp³-hybridized carbons (Fsp3) is 0.273. The number of carboxylic acids is 1. The Morgan fingerprint density at radius 2 is 2.33 bits per heavy atom. The van der Waals surface area contributed by atoms with Crippen LogP contribution in [0.2, 0.25) is 0 Å². The Kier molecular flexibility index (Phi) is 3.07. The van der Waals surface area contributed by atoms with Crippen LogP contribution >= 0.6 is 0 Å². The van der Waals surface area contributed by atoms with Gasteiger partial charge in [-0.3, -0.25) is 4.79 Å². The van der Waals surface area contributed by atoms with Crippen molar-refractivity contribution in [2.24, 2.45) is 5.73 Å². The van der Waals surface area contributed by atoms with Crippen molar-refractivity contribution in [3.63, 3.8) is 0 Å². The zero-order valence-corrected chi connectivity index (χ0v) is 9.82. The molecular weight excluding hydrogens is 234 g/mol. The van der Waals surface area contributed by atoms with Crippen molar-refractivity contribution >= 4 is 5.97 Å². The number of aliphatic carboxylic acids is 1. The highest BCUT2D eigenvalue weighted by Gasteiger charge is 2.25. The molecule has 0 saturated carbocycles. The number of nitrogens with two attached hydrogens (primary N) is 1. The minimum atomic E-state index is -0.937. The summed E-state index contributed by atoms with van der Waals surface area (Å²) in [5.41, 5.74) is 6.54. The maximum absolute atomic E-state index is 10.8. The molecular formula is C11H13N5O2. The molecule has 1 aromatic carbocycles. The molecule has 94 valence electrons. The molecule has 1 aromatic heterocycles.